The number of fused-ring (bicyclic) bond motifs is 1. The van der Waals surface area contributed by atoms with Gasteiger partial charge in [-0.05, 0) is 48.7 Å². The normalized spacial score (nSPS) is 15.7. The molecule has 1 atom stereocenters. The SMILES string of the molecule is COCCCNC(=O)C[C@@H]1COc2cc(C)ccc2N1Cc1ccc(F)cc1. The molecule has 0 saturated carbocycles. The van der Waals surface area contributed by atoms with Crippen LogP contribution in [-0.2, 0) is 16.1 Å². The standard InChI is InChI=1S/C22H27FN2O3/c1-16-4-9-20-21(12-16)28-15-19(13-22(26)24-10-3-11-27-2)25(20)14-17-5-7-18(23)8-6-17/h4-9,12,19H,3,10-11,13-15H2,1-2H3,(H,24,26)/t19-/m1/s1. The van der Waals surface area contributed by atoms with Gasteiger partial charge in [-0.2, -0.15) is 0 Å². The van der Waals surface area contributed by atoms with Crippen LogP contribution in [0.3, 0.4) is 0 Å². The van der Waals surface area contributed by atoms with Crippen LogP contribution in [0.25, 0.3) is 0 Å². The average Bonchev–Trinajstić information content (AvgIpc) is 2.68. The summed E-state index contributed by atoms with van der Waals surface area (Å²) in [5.74, 6) is 0.553. The van der Waals surface area contributed by atoms with Gasteiger partial charge in [0.2, 0.25) is 5.91 Å². The number of carbonyl (C=O) groups excluding carboxylic acids is 1. The van der Waals surface area contributed by atoms with Crippen LogP contribution in [0.1, 0.15) is 24.0 Å². The van der Waals surface area contributed by atoms with Gasteiger partial charge in [0, 0.05) is 26.8 Å². The van der Waals surface area contributed by atoms with Crippen molar-refractivity contribution in [2.24, 2.45) is 0 Å². The molecular weight excluding hydrogens is 359 g/mol. The Morgan fingerprint density at radius 2 is 2.07 bits per heavy atom. The van der Waals surface area contributed by atoms with Crippen molar-refractivity contribution in [3.05, 3.63) is 59.4 Å². The van der Waals surface area contributed by atoms with Crippen LogP contribution in [0.15, 0.2) is 42.5 Å². The third kappa shape index (κ3) is 5.23. The summed E-state index contributed by atoms with van der Waals surface area (Å²) in [5, 5.41) is 2.94. The van der Waals surface area contributed by atoms with E-state index in [1.54, 1.807) is 19.2 Å². The molecule has 0 unspecified atom stereocenters. The van der Waals surface area contributed by atoms with E-state index < -0.39 is 0 Å². The van der Waals surface area contributed by atoms with E-state index in [4.69, 9.17) is 9.47 Å². The minimum atomic E-state index is -0.256. The number of hydrogen-bond acceptors (Lipinski definition) is 4. The molecule has 2 aromatic carbocycles. The number of nitrogens with zero attached hydrogens (tertiary/aromatic N) is 1. The van der Waals surface area contributed by atoms with Crippen molar-refractivity contribution in [1.29, 1.82) is 0 Å². The Morgan fingerprint density at radius 3 is 2.82 bits per heavy atom. The molecule has 6 heteroatoms. The van der Waals surface area contributed by atoms with E-state index in [0.717, 1.165) is 29.0 Å². The van der Waals surface area contributed by atoms with Crippen molar-refractivity contribution in [3.63, 3.8) is 0 Å². The highest BCUT2D eigenvalue weighted by Crippen LogP contribution is 2.36. The van der Waals surface area contributed by atoms with Gasteiger partial charge in [0.25, 0.3) is 0 Å². The second-order valence-electron chi connectivity index (χ2n) is 7.09. The molecule has 0 aromatic heterocycles. The Kier molecular flexibility index (Phi) is 6.87. The molecule has 1 aliphatic rings. The van der Waals surface area contributed by atoms with Gasteiger partial charge in [0.15, 0.2) is 0 Å². The summed E-state index contributed by atoms with van der Waals surface area (Å²) in [7, 11) is 1.65. The Morgan fingerprint density at radius 1 is 1.29 bits per heavy atom. The summed E-state index contributed by atoms with van der Waals surface area (Å²) < 4.78 is 24.2. The number of methoxy groups -OCH3 is 1. The maximum absolute atomic E-state index is 13.3. The lowest BCUT2D eigenvalue weighted by Gasteiger charge is -2.38. The Labute approximate surface area is 165 Å². The topological polar surface area (TPSA) is 50.8 Å². The second-order valence-corrected chi connectivity index (χ2v) is 7.09. The maximum Gasteiger partial charge on any atom is 0.222 e. The molecule has 1 aliphatic heterocycles. The van der Waals surface area contributed by atoms with Crippen LogP contribution in [0.5, 0.6) is 5.75 Å². The number of carbonyl (C=O) groups is 1. The van der Waals surface area contributed by atoms with Crippen LogP contribution in [0.4, 0.5) is 10.1 Å². The van der Waals surface area contributed by atoms with Gasteiger partial charge in [0.05, 0.1) is 18.2 Å². The van der Waals surface area contributed by atoms with Crippen molar-refractivity contribution in [1.82, 2.24) is 5.32 Å². The Hall–Kier alpha value is -2.60. The lowest BCUT2D eigenvalue weighted by Crippen LogP contribution is -2.45. The minimum Gasteiger partial charge on any atom is -0.489 e. The molecule has 0 aliphatic carbocycles. The molecular formula is C22H27FN2O3. The van der Waals surface area contributed by atoms with Crippen LogP contribution in [0, 0.1) is 12.7 Å². The number of rotatable bonds is 8. The molecule has 0 spiro atoms. The number of aryl methyl sites for hydroxylation is 1. The fourth-order valence-corrected chi connectivity index (χ4v) is 3.35. The molecule has 1 heterocycles. The van der Waals surface area contributed by atoms with Crippen molar-refractivity contribution in [2.45, 2.75) is 32.4 Å². The number of halogens is 1. The van der Waals surface area contributed by atoms with E-state index in [0.29, 0.717) is 32.7 Å². The van der Waals surface area contributed by atoms with Crippen molar-refractivity contribution >= 4 is 11.6 Å². The van der Waals surface area contributed by atoms with E-state index in [9.17, 15) is 9.18 Å². The summed E-state index contributed by atoms with van der Waals surface area (Å²) >= 11 is 0. The van der Waals surface area contributed by atoms with Gasteiger partial charge >= 0.3 is 0 Å². The number of amides is 1. The highest BCUT2D eigenvalue weighted by molar-refractivity contribution is 5.77. The van der Waals surface area contributed by atoms with Crippen LogP contribution < -0.4 is 15.0 Å². The summed E-state index contributed by atoms with van der Waals surface area (Å²) in [6.45, 7) is 4.25. The highest BCUT2D eigenvalue weighted by atomic mass is 19.1. The third-order valence-corrected chi connectivity index (χ3v) is 4.83. The second kappa shape index (κ2) is 9.55. The van der Waals surface area contributed by atoms with Crippen LogP contribution in [0.2, 0.25) is 0 Å². The molecule has 0 bridgehead atoms. The molecule has 150 valence electrons. The zero-order chi connectivity index (χ0) is 19.9. The maximum atomic E-state index is 13.3. The summed E-state index contributed by atoms with van der Waals surface area (Å²) in [4.78, 5) is 14.6. The number of ether oxygens (including phenoxy) is 2. The third-order valence-electron chi connectivity index (χ3n) is 4.83. The van der Waals surface area contributed by atoms with Crippen molar-refractivity contribution < 1.29 is 18.7 Å². The predicted octanol–water partition coefficient (Wildman–Crippen LogP) is 3.44. The highest BCUT2D eigenvalue weighted by Gasteiger charge is 2.29. The van der Waals surface area contributed by atoms with Gasteiger partial charge in [-0.25, -0.2) is 4.39 Å². The first-order valence-corrected chi connectivity index (χ1v) is 9.57. The number of nitrogens with one attached hydrogen (secondary N) is 1. The molecule has 0 fully saturated rings. The van der Waals surface area contributed by atoms with E-state index in [1.807, 2.05) is 25.1 Å². The predicted molar refractivity (Wildman–Crippen MR) is 107 cm³/mol. The van der Waals surface area contributed by atoms with Gasteiger partial charge in [-0.15, -0.1) is 0 Å². The zero-order valence-electron chi connectivity index (χ0n) is 16.4. The first kappa shape index (κ1) is 20.1. The molecule has 5 nitrogen and oxygen atoms in total. The van der Waals surface area contributed by atoms with E-state index in [2.05, 4.69) is 10.2 Å². The first-order valence-electron chi connectivity index (χ1n) is 9.57. The average molecular weight is 386 g/mol. The summed E-state index contributed by atoms with van der Waals surface area (Å²) in [5.41, 5.74) is 3.06. The van der Waals surface area contributed by atoms with Gasteiger partial charge in [-0.3, -0.25) is 4.79 Å². The Balaban J connectivity index is 1.75. The minimum absolute atomic E-state index is 0.00984. The van der Waals surface area contributed by atoms with E-state index >= 15 is 0 Å². The lowest BCUT2D eigenvalue weighted by molar-refractivity contribution is -0.121. The van der Waals surface area contributed by atoms with E-state index in [-0.39, 0.29) is 17.8 Å². The smallest absolute Gasteiger partial charge is 0.222 e. The summed E-state index contributed by atoms with van der Waals surface area (Å²) in [6, 6.07) is 12.5. The van der Waals surface area contributed by atoms with Gasteiger partial charge in [0.1, 0.15) is 18.2 Å². The molecule has 0 radical (unpaired) electrons. The first-order chi connectivity index (χ1) is 13.6. The van der Waals surface area contributed by atoms with Crippen molar-refractivity contribution in [3.8, 4) is 5.75 Å². The number of hydrogen-bond donors (Lipinski definition) is 1. The number of benzene rings is 2. The largest absolute Gasteiger partial charge is 0.489 e. The van der Waals surface area contributed by atoms with Crippen molar-refractivity contribution in [2.75, 3.05) is 31.8 Å². The molecule has 2 aromatic rings. The molecule has 3 rings (SSSR count). The summed E-state index contributed by atoms with van der Waals surface area (Å²) in [6.07, 6.45) is 1.12. The molecule has 1 N–H and O–H groups in total. The van der Waals surface area contributed by atoms with Gasteiger partial charge in [-0.1, -0.05) is 18.2 Å². The van der Waals surface area contributed by atoms with Crippen LogP contribution in [-0.4, -0.2) is 38.8 Å². The molecule has 0 saturated heterocycles. The monoisotopic (exact) mass is 386 g/mol. The molecule has 28 heavy (non-hydrogen) atoms. The Bertz CT molecular complexity index is 795. The lowest BCUT2D eigenvalue weighted by atomic mass is 10.0. The fourth-order valence-electron chi connectivity index (χ4n) is 3.35. The van der Waals surface area contributed by atoms with E-state index in [1.165, 1.54) is 12.1 Å². The fraction of sp³-hybridized carbons (Fsp3) is 0.409. The number of anilines is 1. The van der Waals surface area contributed by atoms with Gasteiger partial charge < -0.3 is 19.7 Å². The van der Waals surface area contributed by atoms with Crippen LogP contribution >= 0.6 is 0 Å². The molecule has 1 amide bonds. The quantitative estimate of drug-likeness (QED) is 0.706. The zero-order valence-corrected chi connectivity index (χ0v) is 16.4.